The van der Waals surface area contributed by atoms with Crippen molar-refractivity contribution in [1.82, 2.24) is 10.3 Å². The monoisotopic (exact) mass is 336 g/mol. The molecule has 0 fully saturated rings. The molecule has 0 aliphatic rings. The van der Waals surface area contributed by atoms with E-state index in [9.17, 15) is 4.79 Å². The predicted octanol–water partition coefficient (Wildman–Crippen LogP) is 4.17. The third-order valence-electron chi connectivity index (χ3n) is 2.91. The number of benzene rings is 1. The number of rotatable bonds is 4. The standard InChI is InChI=1S/C15H10Cl2N2O3/c16-11-4-3-9(6-12(11)17)15-19-13(8-22-15)14(20)18-7-10-2-1-5-21-10/h1-6,8H,7H2,(H,18,20). The Morgan fingerprint density at radius 3 is 2.77 bits per heavy atom. The van der Waals surface area contributed by atoms with Crippen molar-refractivity contribution >= 4 is 29.1 Å². The summed E-state index contributed by atoms with van der Waals surface area (Å²) < 4.78 is 10.4. The molecule has 0 saturated carbocycles. The molecule has 22 heavy (non-hydrogen) atoms. The van der Waals surface area contributed by atoms with Crippen LogP contribution in [0.25, 0.3) is 11.5 Å². The van der Waals surface area contributed by atoms with Crippen LogP contribution in [-0.2, 0) is 6.54 Å². The minimum atomic E-state index is -0.355. The Kier molecular flexibility index (Phi) is 4.18. The fourth-order valence-electron chi connectivity index (χ4n) is 1.81. The second-order valence-electron chi connectivity index (χ2n) is 4.43. The van der Waals surface area contributed by atoms with Crippen LogP contribution in [0, 0.1) is 0 Å². The first-order valence-electron chi connectivity index (χ1n) is 6.35. The second kappa shape index (κ2) is 6.25. The summed E-state index contributed by atoms with van der Waals surface area (Å²) in [6, 6.07) is 8.50. The van der Waals surface area contributed by atoms with Crippen LogP contribution < -0.4 is 5.32 Å². The van der Waals surface area contributed by atoms with E-state index < -0.39 is 0 Å². The van der Waals surface area contributed by atoms with Crippen LogP contribution in [0.5, 0.6) is 0 Å². The molecule has 0 unspecified atom stereocenters. The molecule has 112 valence electrons. The van der Waals surface area contributed by atoms with Crippen molar-refractivity contribution in [1.29, 1.82) is 0 Å². The van der Waals surface area contributed by atoms with E-state index in [4.69, 9.17) is 32.0 Å². The Balaban J connectivity index is 1.72. The molecule has 0 atom stereocenters. The number of hydrogen-bond donors (Lipinski definition) is 1. The molecule has 7 heteroatoms. The molecule has 2 heterocycles. The Labute approximate surface area is 135 Å². The highest BCUT2D eigenvalue weighted by Gasteiger charge is 2.14. The van der Waals surface area contributed by atoms with Crippen LogP contribution in [-0.4, -0.2) is 10.9 Å². The SMILES string of the molecule is O=C(NCc1ccco1)c1coc(-c2ccc(Cl)c(Cl)c2)n1. The lowest BCUT2D eigenvalue weighted by Gasteiger charge is -1.99. The molecule has 0 spiro atoms. The molecule has 1 N–H and O–H groups in total. The highest BCUT2D eigenvalue weighted by molar-refractivity contribution is 6.42. The maximum absolute atomic E-state index is 12.0. The zero-order valence-electron chi connectivity index (χ0n) is 11.2. The Morgan fingerprint density at radius 1 is 1.18 bits per heavy atom. The summed E-state index contributed by atoms with van der Waals surface area (Å²) in [4.78, 5) is 16.1. The number of oxazole rings is 1. The molecular formula is C15H10Cl2N2O3. The molecular weight excluding hydrogens is 327 g/mol. The van der Waals surface area contributed by atoms with Crippen molar-refractivity contribution in [3.8, 4) is 11.5 Å². The van der Waals surface area contributed by atoms with Gasteiger partial charge in [0.25, 0.3) is 5.91 Å². The van der Waals surface area contributed by atoms with Gasteiger partial charge in [0.05, 0.1) is 22.9 Å². The van der Waals surface area contributed by atoms with E-state index in [1.807, 2.05) is 0 Å². The number of aromatic nitrogens is 1. The lowest BCUT2D eigenvalue weighted by Crippen LogP contribution is -2.22. The lowest BCUT2D eigenvalue weighted by atomic mass is 10.2. The highest BCUT2D eigenvalue weighted by Crippen LogP contribution is 2.28. The molecule has 3 rings (SSSR count). The number of carbonyl (C=O) groups excluding carboxylic acids is 1. The van der Waals surface area contributed by atoms with E-state index in [1.165, 1.54) is 6.26 Å². The van der Waals surface area contributed by atoms with E-state index in [1.54, 1.807) is 36.6 Å². The first kappa shape index (κ1) is 14.7. The van der Waals surface area contributed by atoms with E-state index in [0.29, 0.717) is 27.3 Å². The summed E-state index contributed by atoms with van der Waals surface area (Å²) >= 11 is 11.8. The van der Waals surface area contributed by atoms with Crippen molar-refractivity contribution < 1.29 is 13.6 Å². The summed E-state index contributed by atoms with van der Waals surface area (Å²) in [5.41, 5.74) is 0.812. The van der Waals surface area contributed by atoms with Crippen molar-refractivity contribution in [3.05, 3.63) is 64.4 Å². The van der Waals surface area contributed by atoms with E-state index >= 15 is 0 Å². The van der Waals surface area contributed by atoms with E-state index in [2.05, 4.69) is 10.3 Å². The zero-order valence-corrected chi connectivity index (χ0v) is 12.7. The van der Waals surface area contributed by atoms with Gasteiger partial charge in [-0.1, -0.05) is 23.2 Å². The number of halogens is 2. The molecule has 0 aliphatic carbocycles. The van der Waals surface area contributed by atoms with Gasteiger partial charge in [0.1, 0.15) is 12.0 Å². The van der Waals surface area contributed by atoms with Crippen molar-refractivity contribution in [2.24, 2.45) is 0 Å². The van der Waals surface area contributed by atoms with Crippen LogP contribution in [0.3, 0.4) is 0 Å². The minimum Gasteiger partial charge on any atom is -0.467 e. The van der Waals surface area contributed by atoms with Gasteiger partial charge in [-0.15, -0.1) is 0 Å². The summed E-state index contributed by atoms with van der Waals surface area (Å²) in [5.74, 6) is 0.592. The third kappa shape index (κ3) is 3.16. The highest BCUT2D eigenvalue weighted by atomic mass is 35.5. The van der Waals surface area contributed by atoms with Gasteiger partial charge < -0.3 is 14.2 Å². The minimum absolute atomic E-state index is 0.174. The second-order valence-corrected chi connectivity index (χ2v) is 5.24. The average molecular weight is 337 g/mol. The van der Waals surface area contributed by atoms with Gasteiger partial charge >= 0.3 is 0 Å². The molecule has 1 amide bonds. The average Bonchev–Trinajstić information content (AvgIpc) is 3.18. The lowest BCUT2D eigenvalue weighted by molar-refractivity contribution is 0.0943. The van der Waals surface area contributed by atoms with Crippen LogP contribution in [0.4, 0.5) is 0 Å². The molecule has 0 radical (unpaired) electrons. The molecule has 0 aliphatic heterocycles. The molecule has 1 aromatic carbocycles. The van der Waals surface area contributed by atoms with Gasteiger partial charge in [-0.3, -0.25) is 4.79 Å². The van der Waals surface area contributed by atoms with E-state index in [-0.39, 0.29) is 18.1 Å². The van der Waals surface area contributed by atoms with Gasteiger partial charge in [-0.2, -0.15) is 0 Å². The third-order valence-corrected chi connectivity index (χ3v) is 3.65. The number of furan rings is 1. The van der Waals surface area contributed by atoms with Crippen molar-refractivity contribution in [3.63, 3.8) is 0 Å². The van der Waals surface area contributed by atoms with Crippen molar-refractivity contribution in [2.45, 2.75) is 6.54 Å². The molecule has 0 bridgehead atoms. The Hall–Kier alpha value is -2.24. The number of carbonyl (C=O) groups is 1. The van der Waals surface area contributed by atoms with Gasteiger partial charge in [-0.25, -0.2) is 4.98 Å². The number of nitrogens with zero attached hydrogens (tertiary/aromatic N) is 1. The fourth-order valence-corrected chi connectivity index (χ4v) is 2.11. The number of hydrogen-bond acceptors (Lipinski definition) is 4. The zero-order chi connectivity index (χ0) is 15.5. The summed E-state index contributed by atoms with van der Waals surface area (Å²) in [7, 11) is 0. The van der Waals surface area contributed by atoms with Crippen LogP contribution in [0.1, 0.15) is 16.2 Å². The fraction of sp³-hybridized carbons (Fsp3) is 0.0667. The maximum atomic E-state index is 12.0. The summed E-state index contributed by atoms with van der Waals surface area (Å²) in [5, 5.41) is 3.51. The molecule has 0 saturated heterocycles. The predicted molar refractivity (Wildman–Crippen MR) is 81.8 cm³/mol. The summed E-state index contributed by atoms with van der Waals surface area (Å²) in [6.45, 7) is 0.279. The Morgan fingerprint density at radius 2 is 2.05 bits per heavy atom. The van der Waals surface area contributed by atoms with Gasteiger partial charge in [-0.05, 0) is 30.3 Å². The largest absolute Gasteiger partial charge is 0.467 e. The van der Waals surface area contributed by atoms with Gasteiger partial charge in [0, 0.05) is 5.56 Å². The molecule has 2 aromatic heterocycles. The van der Waals surface area contributed by atoms with E-state index in [0.717, 1.165) is 0 Å². The van der Waals surface area contributed by atoms with Crippen LogP contribution in [0.15, 0.2) is 51.7 Å². The number of amides is 1. The normalized spacial score (nSPS) is 10.6. The van der Waals surface area contributed by atoms with Gasteiger partial charge in [0.15, 0.2) is 5.69 Å². The first-order valence-corrected chi connectivity index (χ1v) is 7.10. The van der Waals surface area contributed by atoms with Crippen molar-refractivity contribution in [2.75, 3.05) is 0 Å². The molecule has 5 nitrogen and oxygen atoms in total. The topological polar surface area (TPSA) is 68.3 Å². The number of nitrogens with one attached hydrogen (secondary N) is 1. The van der Waals surface area contributed by atoms with Crippen LogP contribution >= 0.6 is 23.2 Å². The first-order chi connectivity index (χ1) is 10.6. The smallest absolute Gasteiger partial charge is 0.273 e. The maximum Gasteiger partial charge on any atom is 0.273 e. The Bertz CT molecular complexity index is 797. The molecule has 3 aromatic rings. The van der Waals surface area contributed by atoms with Crippen LogP contribution in [0.2, 0.25) is 10.0 Å². The van der Waals surface area contributed by atoms with Gasteiger partial charge in [0.2, 0.25) is 5.89 Å². The quantitative estimate of drug-likeness (QED) is 0.776. The summed E-state index contributed by atoms with van der Waals surface area (Å²) in [6.07, 6.45) is 2.83.